The summed E-state index contributed by atoms with van der Waals surface area (Å²) in [4.78, 5) is 14.8. The molecule has 3 rings (SSSR count). The number of anilines is 1. The summed E-state index contributed by atoms with van der Waals surface area (Å²) in [5, 5.41) is 3.12. The second kappa shape index (κ2) is 9.22. The zero-order valence-electron chi connectivity index (χ0n) is 14.9. The Morgan fingerprint density at radius 1 is 1.04 bits per heavy atom. The molecule has 0 radical (unpaired) electrons. The van der Waals surface area contributed by atoms with Crippen LogP contribution in [0.2, 0.25) is 0 Å². The van der Waals surface area contributed by atoms with Gasteiger partial charge in [-0.25, -0.2) is 0 Å². The van der Waals surface area contributed by atoms with Crippen molar-refractivity contribution < 1.29 is 4.79 Å². The third-order valence-electron chi connectivity index (χ3n) is 5.57. The van der Waals surface area contributed by atoms with Crippen LogP contribution in [0.3, 0.4) is 0 Å². The molecule has 0 spiro atoms. The minimum atomic E-state index is 0.190. The maximum absolute atomic E-state index is 12.3. The van der Waals surface area contributed by atoms with Crippen LogP contribution in [-0.4, -0.2) is 30.4 Å². The number of carbonyl (C=O) groups excluding carboxylic acids is 1. The molecule has 3 nitrogen and oxygen atoms in total. The largest absolute Gasteiger partial charge is 0.326 e. The summed E-state index contributed by atoms with van der Waals surface area (Å²) in [5.74, 6) is 0.788. The first kappa shape index (κ1) is 17.5. The van der Waals surface area contributed by atoms with E-state index in [1.54, 1.807) is 0 Å². The van der Waals surface area contributed by atoms with Crippen molar-refractivity contribution in [2.24, 2.45) is 5.92 Å². The van der Waals surface area contributed by atoms with E-state index >= 15 is 0 Å². The van der Waals surface area contributed by atoms with Gasteiger partial charge in [0, 0.05) is 18.7 Å². The van der Waals surface area contributed by atoms with Gasteiger partial charge in [-0.3, -0.25) is 4.79 Å². The summed E-state index contributed by atoms with van der Waals surface area (Å²) in [6, 6.07) is 8.42. The molecule has 1 aromatic carbocycles. The van der Waals surface area contributed by atoms with Crippen molar-refractivity contribution in [2.75, 3.05) is 25.0 Å². The third kappa shape index (κ3) is 5.62. The number of carbonyl (C=O) groups is 1. The van der Waals surface area contributed by atoms with Crippen molar-refractivity contribution in [1.82, 2.24) is 4.90 Å². The Morgan fingerprint density at radius 3 is 2.58 bits per heavy atom. The van der Waals surface area contributed by atoms with Gasteiger partial charge in [0.25, 0.3) is 0 Å². The van der Waals surface area contributed by atoms with Crippen LogP contribution in [0.1, 0.15) is 63.4 Å². The second-order valence-electron chi connectivity index (χ2n) is 7.61. The Kier molecular flexibility index (Phi) is 6.71. The molecule has 1 N–H and O–H groups in total. The lowest BCUT2D eigenvalue weighted by Gasteiger charge is -2.26. The fraction of sp³-hybridized carbons (Fsp3) is 0.667. The van der Waals surface area contributed by atoms with E-state index in [-0.39, 0.29) is 5.91 Å². The van der Waals surface area contributed by atoms with Crippen molar-refractivity contribution in [3.05, 3.63) is 29.8 Å². The minimum Gasteiger partial charge on any atom is -0.326 e. The molecule has 0 atom stereocenters. The average Bonchev–Trinajstić information content (AvgIpc) is 2.62. The quantitative estimate of drug-likeness (QED) is 0.826. The number of nitrogens with zero attached hydrogens (tertiary/aromatic N) is 1. The lowest BCUT2D eigenvalue weighted by molar-refractivity contribution is -0.117. The topological polar surface area (TPSA) is 32.3 Å². The zero-order chi connectivity index (χ0) is 16.6. The normalized spacial score (nSPS) is 20.0. The van der Waals surface area contributed by atoms with Crippen LogP contribution in [0.25, 0.3) is 0 Å². The monoisotopic (exact) mass is 328 g/mol. The Morgan fingerprint density at radius 2 is 1.79 bits per heavy atom. The van der Waals surface area contributed by atoms with Crippen LogP contribution < -0.4 is 5.32 Å². The minimum absolute atomic E-state index is 0.190. The smallest absolute Gasteiger partial charge is 0.224 e. The van der Waals surface area contributed by atoms with Crippen molar-refractivity contribution in [3.8, 4) is 0 Å². The molecule has 1 saturated heterocycles. The van der Waals surface area contributed by atoms with E-state index in [1.165, 1.54) is 70.0 Å². The average molecular weight is 329 g/mol. The zero-order valence-corrected chi connectivity index (χ0v) is 14.9. The second-order valence-corrected chi connectivity index (χ2v) is 7.61. The Hall–Kier alpha value is -1.35. The molecular weight excluding hydrogens is 296 g/mol. The van der Waals surface area contributed by atoms with Crippen molar-refractivity contribution in [2.45, 2.75) is 64.2 Å². The molecule has 0 bridgehead atoms. The predicted molar refractivity (Wildman–Crippen MR) is 100 cm³/mol. The van der Waals surface area contributed by atoms with Gasteiger partial charge in [0.05, 0.1) is 0 Å². The fourth-order valence-electron chi connectivity index (χ4n) is 4.14. The van der Waals surface area contributed by atoms with Crippen LogP contribution in [0.4, 0.5) is 5.69 Å². The number of rotatable bonds is 6. The highest BCUT2D eigenvalue weighted by atomic mass is 16.1. The molecule has 132 valence electrons. The molecule has 1 aromatic rings. The van der Waals surface area contributed by atoms with Gasteiger partial charge >= 0.3 is 0 Å². The molecule has 24 heavy (non-hydrogen) atoms. The van der Waals surface area contributed by atoms with E-state index in [9.17, 15) is 4.79 Å². The van der Waals surface area contributed by atoms with Crippen LogP contribution in [0.5, 0.6) is 0 Å². The van der Waals surface area contributed by atoms with Crippen LogP contribution in [0.15, 0.2) is 24.3 Å². The summed E-state index contributed by atoms with van der Waals surface area (Å²) < 4.78 is 0. The first-order chi connectivity index (χ1) is 11.8. The molecule has 3 heteroatoms. The van der Waals surface area contributed by atoms with Gasteiger partial charge in [-0.2, -0.15) is 0 Å². The molecule has 1 saturated carbocycles. The first-order valence-electron chi connectivity index (χ1n) is 9.91. The van der Waals surface area contributed by atoms with Gasteiger partial charge in [-0.05, 0) is 68.8 Å². The van der Waals surface area contributed by atoms with Crippen molar-refractivity contribution in [3.63, 3.8) is 0 Å². The van der Waals surface area contributed by atoms with E-state index in [4.69, 9.17) is 0 Å². The van der Waals surface area contributed by atoms with Gasteiger partial charge in [0.2, 0.25) is 5.91 Å². The summed E-state index contributed by atoms with van der Waals surface area (Å²) >= 11 is 0. The van der Waals surface area contributed by atoms with Crippen LogP contribution >= 0.6 is 0 Å². The maximum atomic E-state index is 12.3. The molecule has 2 aliphatic rings. The SMILES string of the molecule is O=C(CC1CCCCC1)Nc1cccc(CCN2CCCCC2)c1. The summed E-state index contributed by atoms with van der Waals surface area (Å²) in [6.07, 6.45) is 12.2. The van der Waals surface area contributed by atoms with Gasteiger partial charge in [-0.15, -0.1) is 0 Å². The molecule has 1 heterocycles. The van der Waals surface area contributed by atoms with Crippen LogP contribution in [0, 0.1) is 5.92 Å². The lowest BCUT2D eigenvalue weighted by atomic mass is 9.87. The van der Waals surface area contributed by atoms with E-state index in [0.29, 0.717) is 12.3 Å². The Balaban J connectivity index is 1.46. The van der Waals surface area contributed by atoms with Crippen molar-refractivity contribution >= 4 is 11.6 Å². The Labute approximate surface area is 146 Å². The number of likely N-dealkylation sites (tertiary alicyclic amines) is 1. The number of amides is 1. The highest BCUT2D eigenvalue weighted by Crippen LogP contribution is 2.26. The van der Waals surface area contributed by atoms with E-state index in [0.717, 1.165) is 18.7 Å². The molecule has 2 fully saturated rings. The number of hydrogen-bond donors (Lipinski definition) is 1. The summed E-state index contributed by atoms with van der Waals surface area (Å²) in [6.45, 7) is 3.63. The lowest BCUT2D eigenvalue weighted by Crippen LogP contribution is -2.31. The maximum Gasteiger partial charge on any atom is 0.224 e. The number of piperidine rings is 1. The molecule has 0 unspecified atom stereocenters. The third-order valence-corrected chi connectivity index (χ3v) is 5.57. The molecule has 0 aromatic heterocycles. The Bertz CT molecular complexity index is 516. The van der Waals surface area contributed by atoms with Gasteiger partial charge in [-0.1, -0.05) is 37.8 Å². The molecule has 1 aliphatic carbocycles. The van der Waals surface area contributed by atoms with E-state index in [2.05, 4.69) is 28.4 Å². The molecule has 1 amide bonds. The number of nitrogens with one attached hydrogen (secondary N) is 1. The summed E-state index contributed by atoms with van der Waals surface area (Å²) in [5.41, 5.74) is 2.29. The van der Waals surface area contributed by atoms with Gasteiger partial charge in [0.1, 0.15) is 0 Å². The number of hydrogen-bond acceptors (Lipinski definition) is 2. The first-order valence-corrected chi connectivity index (χ1v) is 9.91. The highest BCUT2D eigenvalue weighted by molar-refractivity contribution is 5.90. The van der Waals surface area contributed by atoms with E-state index < -0.39 is 0 Å². The standard InChI is InChI=1S/C21H32N2O/c24-21(17-18-8-3-1-4-9-18)22-20-11-7-10-19(16-20)12-15-23-13-5-2-6-14-23/h7,10-11,16,18H,1-6,8-9,12-15,17H2,(H,22,24). The highest BCUT2D eigenvalue weighted by Gasteiger charge is 2.17. The number of benzene rings is 1. The van der Waals surface area contributed by atoms with Gasteiger partial charge in [0.15, 0.2) is 0 Å². The van der Waals surface area contributed by atoms with Crippen LogP contribution in [-0.2, 0) is 11.2 Å². The van der Waals surface area contributed by atoms with Crippen molar-refractivity contribution in [1.29, 1.82) is 0 Å². The predicted octanol–water partition coefficient (Wildman–Crippen LogP) is 4.62. The summed E-state index contributed by atoms with van der Waals surface area (Å²) in [7, 11) is 0. The fourth-order valence-corrected chi connectivity index (χ4v) is 4.14. The van der Waals surface area contributed by atoms with Gasteiger partial charge < -0.3 is 10.2 Å². The molecular formula is C21H32N2O. The van der Waals surface area contributed by atoms with E-state index in [1.807, 2.05) is 6.07 Å². The molecule has 1 aliphatic heterocycles.